The summed E-state index contributed by atoms with van der Waals surface area (Å²) in [6.45, 7) is 3.23. The molecule has 4 rings (SSSR count). The fourth-order valence-corrected chi connectivity index (χ4v) is 4.46. The number of nitrogens with zero attached hydrogens (tertiary/aromatic N) is 2. The van der Waals surface area contributed by atoms with Crippen LogP contribution in [0.3, 0.4) is 0 Å². The molecule has 1 aliphatic heterocycles. The van der Waals surface area contributed by atoms with Crippen molar-refractivity contribution in [2.24, 2.45) is 11.0 Å². The molecule has 5 nitrogen and oxygen atoms in total. The number of phenolic OH excluding ortho intramolecular Hbond substituents is 1. The van der Waals surface area contributed by atoms with E-state index in [1.165, 1.54) is 25.1 Å². The zero-order chi connectivity index (χ0) is 26.2. The summed E-state index contributed by atoms with van der Waals surface area (Å²) in [5.41, 5.74) is 3.09. The molecule has 0 amide bonds. The van der Waals surface area contributed by atoms with Gasteiger partial charge in [-0.05, 0) is 65.9 Å². The van der Waals surface area contributed by atoms with Crippen LogP contribution in [0.1, 0.15) is 30.0 Å². The van der Waals surface area contributed by atoms with Gasteiger partial charge in [-0.15, -0.1) is 0 Å². The van der Waals surface area contributed by atoms with Crippen LogP contribution < -0.4 is 5.01 Å². The predicted octanol–water partition coefficient (Wildman–Crippen LogP) is 6.32. The first-order valence-corrected chi connectivity index (χ1v) is 11.3. The lowest BCUT2D eigenvalue weighted by molar-refractivity contribution is -0.137. The number of benzene rings is 3. The molecule has 0 spiro atoms. The number of hydrogen-bond donors (Lipinski definition) is 2. The summed E-state index contributed by atoms with van der Waals surface area (Å²) in [7, 11) is 0. The third-order valence-corrected chi connectivity index (χ3v) is 6.41. The van der Waals surface area contributed by atoms with Gasteiger partial charge in [0.25, 0.3) is 0 Å². The minimum Gasteiger partial charge on any atom is -0.508 e. The molecule has 3 aromatic rings. The Kier molecular flexibility index (Phi) is 6.75. The zero-order valence-electron chi connectivity index (χ0n) is 19.6. The predicted molar refractivity (Wildman–Crippen MR) is 129 cm³/mol. The Labute approximate surface area is 205 Å². The molecule has 2 N–H and O–H groups in total. The second-order valence-electron chi connectivity index (χ2n) is 8.93. The minimum atomic E-state index is -4.64. The molecule has 0 aliphatic carbocycles. The first-order valence-electron chi connectivity index (χ1n) is 11.3. The Morgan fingerprint density at radius 1 is 1.06 bits per heavy atom. The van der Waals surface area contributed by atoms with Crippen LogP contribution in [0.2, 0.25) is 0 Å². The van der Waals surface area contributed by atoms with E-state index < -0.39 is 42.1 Å². The molecule has 2 atom stereocenters. The molecule has 3 aromatic carbocycles. The normalized spacial score (nSPS) is 17.8. The van der Waals surface area contributed by atoms with Gasteiger partial charge in [0.15, 0.2) is 0 Å². The van der Waals surface area contributed by atoms with Crippen LogP contribution in [0.25, 0.3) is 11.1 Å². The number of aryl methyl sites for hydroxylation is 1. The van der Waals surface area contributed by atoms with Crippen molar-refractivity contribution in [3.05, 3.63) is 83.2 Å². The van der Waals surface area contributed by atoms with Crippen molar-refractivity contribution >= 4 is 17.4 Å². The lowest BCUT2D eigenvalue weighted by Crippen LogP contribution is -2.36. The van der Waals surface area contributed by atoms with E-state index >= 15 is 0 Å². The number of alkyl halides is 3. The molecule has 0 saturated heterocycles. The molecule has 188 valence electrons. The van der Waals surface area contributed by atoms with Gasteiger partial charge in [0.1, 0.15) is 17.3 Å². The number of phenols is 1. The average Bonchev–Trinajstić information content (AvgIpc) is 3.13. The lowest BCUT2D eigenvalue weighted by atomic mass is 9.94. The van der Waals surface area contributed by atoms with Crippen molar-refractivity contribution in [1.82, 2.24) is 0 Å². The fourth-order valence-electron chi connectivity index (χ4n) is 4.46. The van der Waals surface area contributed by atoms with E-state index in [0.29, 0.717) is 23.2 Å². The smallest absolute Gasteiger partial charge is 0.431 e. The summed E-state index contributed by atoms with van der Waals surface area (Å²) in [6, 6.07) is 15.2. The molecule has 0 unspecified atom stereocenters. The molecule has 9 heteroatoms. The number of carboxylic acid groups (broad SMARTS) is 1. The fraction of sp³-hybridized carbons (Fsp3) is 0.259. The monoisotopic (exact) mass is 500 g/mol. The number of halogens is 4. The summed E-state index contributed by atoms with van der Waals surface area (Å²) in [5.74, 6) is -2.75. The van der Waals surface area contributed by atoms with Crippen LogP contribution in [-0.4, -0.2) is 34.1 Å². The Hall–Kier alpha value is -3.88. The Balaban J connectivity index is 1.56. The number of anilines is 1. The molecule has 0 fully saturated rings. The van der Waals surface area contributed by atoms with Gasteiger partial charge in [0, 0.05) is 11.5 Å². The summed E-state index contributed by atoms with van der Waals surface area (Å²) in [6.07, 6.45) is -4.59. The third-order valence-electron chi connectivity index (χ3n) is 6.41. The summed E-state index contributed by atoms with van der Waals surface area (Å²) in [4.78, 5) is 11.3. The number of carboxylic acids is 1. The van der Waals surface area contributed by atoms with Crippen molar-refractivity contribution in [3.63, 3.8) is 0 Å². The molecular weight excluding hydrogens is 476 g/mol. The van der Waals surface area contributed by atoms with E-state index in [-0.39, 0.29) is 5.75 Å². The number of aliphatic carboxylic acids is 1. The molecule has 36 heavy (non-hydrogen) atoms. The molecule has 0 saturated carbocycles. The van der Waals surface area contributed by atoms with Crippen molar-refractivity contribution < 1.29 is 32.6 Å². The van der Waals surface area contributed by atoms with Crippen LogP contribution in [0, 0.1) is 18.7 Å². The highest BCUT2D eigenvalue weighted by molar-refractivity contribution is 5.96. The molecule has 1 aliphatic rings. The van der Waals surface area contributed by atoms with Gasteiger partial charge in [-0.25, -0.2) is 4.39 Å². The van der Waals surface area contributed by atoms with Crippen LogP contribution in [0.4, 0.5) is 23.2 Å². The highest BCUT2D eigenvalue weighted by Gasteiger charge is 2.48. The molecule has 1 heterocycles. The van der Waals surface area contributed by atoms with E-state index in [1.54, 1.807) is 30.3 Å². The van der Waals surface area contributed by atoms with Gasteiger partial charge in [-0.1, -0.05) is 37.3 Å². The second-order valence-corrected chi connectivity index (χ2v) is 8.93. The van der Waals surface area contributed by atoms with Crippen LogP contribution in [0.5, 0.6) is 5.75 Å². The Morgan fingerprint density at radius 2 is 1.75 bits per heavy atom. The van der Waals surface area contributed by atoms with Gasteiger partial charge in [0.2, 0.25) is 0 Å². The summed E-state index contributed by atoms with van der Waals surface area (Å²) < 4.78 is 54.4. The topological polar surface area (TPSA) is 73.1 Å². The largest absolute Gasteiger partial charge is 0.508 e. The maximum atomic E-state index is 14.2. The maximum Gasteiger partial charge on any atom is 0.431 e. The van der Waals surface area contributed by atoms with E-state index in [0.717, 1.165) is 21.7 Å². The number of aromatic hydroxyl groups is 1. The van der Waals surface area contributed by atoms with Crippen LogP contribution >= 0.6 is 0 Å². The highest BCUT2D eigenvalue weighted by atomic mass is 19.4. The third kappa shape index (κ3) is 5.19. The van der Waals surface area contributed by atoms with Gasteiger partial charge in [-0.2, -0.15) is 18.3 Å². The standard InChI is InChI=1S/C27H24F4N2O3/c1-15-11-19(22-13-21(34)9-10-23(22)28)6-5-18(15)12-17-3-7-20(8-4-17)33-24(14-25(35)36)16(2)26(32-33)27(29,30)31/h3-11,13,16,24,34H,12,14H2,1-2H3,(H,35,36)/t16-,24-/m0/s1. The van der Waals surface area contributed by atoms with Gasteiger partial charge < -0.3 is 10.2 Å². The van der Waals surface area contributed by atoms with E-state index in [4.69, 9.17) is 0 Å². The van der Waals surface area contributed by atoms with Crippen LogP contribution in [0.15, 0.2) is 65.8 Å². The van der Waals surface area contributed by atoms with Gasteiger partial charge >= 0.3 is 12.1 Å². The van der Waals surface area contributed by atoms with E-state index in [9.17, 15) is 32.6 Å². The SMILES string of the molecule is Cc1cc(-c2cc(O)ccc2F)ccc1Cc1ccc(N2N=C(C(F)(F)F)[C@@H](C)[C@@H]2CC(=O)O)cc1. The first-order chi connectivity index (χ1) is 16.9. The summed E-state index contributed by atoms with van der Waals surface area (Å²) in [5, 5.41) is 23.8. The number of carbonyl (C=O) groups is 1. The first kappa shape index (κ1) is 25.2. The number of hydrazone groups is 1. The second kappa shape index (κ2) is 9.64. The minimum absolute atomic E-state index is 0.0297. The molecular formula is C27H24F4N2O3. The maximum absolute atomic E-state index is 14.2. The lowest BCUT2D eigenvalue weighted by Gasteiger charge is -2.25. The Morgan fingerprint density at radius 3 is 2.36 bits per heavy atom. The van der Waals surface area contributed by atoms with Gasteiger partial charge in [0.05, 0.1) is 18.2 Å². The highest BCUT2D eigenvalue weighted by Crippen LogP contribution is 2.36. The van der Waals surface area contributed by atoms with Crippen molar-refractivity contribution in [1.29, 1.82) is 0 Å². The molecule has 0 radical (unpaired) electrons. The van der Waals surface area contributed by atoms with Gasteiger partial charge in [-0.3, -0.25) is 9.80 Å². The van der Waals surface area contributed by atoms with Crippen molar-refractivity contribution in [3.8, 4) is 16.9 Å². The quantitative estimate of drug-likeness (QED) is 0.389. The average molecular weight is 500 g/mol. The summed E-state index contributed by atoms with van der Waals surface area (Å²) >= 11 is 0. The van der Waals surface area contributed by atoms with E-state index in [1.807, 2.05) is 19.1 Å². The van der Waals surface area contributed by atoms with Crippen molar-refractivity contribution in [2.75, 3.05) is 5.01 Å². The van der Waals surface area contributed by atoms with E-state index in [2.05, 4.69) is 5.10 Å². The number of rotatable bonds is 6. The zero-order valence-corrected chi connectivity index (χ0v) is 19.6. The number of hydrogen-bond acceptors (Lipinski definition) is 4. The molecule has 0 bridgehead atoms. The molecule has 0 aromatic heterocycles. The Bertz CT molecular complexity index is 1320. The van der Waals surface area contributed by atoms with Crippen LogP contribution in [-0.2, 0) is 11.2 Å². The van der Waals surface area contributed by atoms with Crippen molar-refractivity contribution in [2.45, 2.75) is 38.9 Å².